The summed E-state index contributed by atoms with van der Waals surface area (Å²) >= 11 is 2.68. The first-order valence-corrected chi connectivity index (χ1v) is 8.87. The standard InChI is InChI=1S/C19H14F3N2O2Se/c1-2-26-15-9-3-12(4-10-15)11-16-17(25)24(18(27)23-16)14-7-5-13(6-8-14)19(20,21)22/h3-11H,2H2,1H3/b16-11-. The Labute approximate surface area is 162 Å². The van der Waals surface area contributed by atoms with Crippen molar-refractivity contribution >= 4 is 38.4 Å². The summed E-state index contributed by atoms with van der Waals surface area (Å²) in [5.41, 5.74) is 0.475. The van der Waals surface area contributed by atoms with E-state index in [-0.39, 0.29) is 10.4 Å². The number of hydrogen-bond donors (Lipinski definition) is 0. The molecule has 0 aromatic heterocycles. The zero-order valence-electron chi connectivity index (χ0n) is 14.2. The zero-order chi connectivity index (χ0) is 19.6. The Morgan fingerprint density at radius 2 is 1.74 bits per heavy atom. The van der Waals surface area contributed by atoms with Gasteiger partial charge in [0, 0.05) is 0 Å². The van der Waals surface area contributed by atoms with E-state index in [4.69, 9.17) is 4.74 Å². The van der Waals surface area contributed by atoms with Crippen molar-refractivity contribution in [1.82, 2.24) is 0 Å². The number of hydrogen-bond acceptors (Lipinski definition) is 3. The minimum atomic E-state index is -4.43. The fourth-order valence-electron chi connectivity index (χ4n) is 2.51. The number of ether oxygens (including phenoxy) is 1. The van der Waals surface area contributed by atoms with E-state index in [0.717, 1.165) is 23.4 Å². The third kappa shape index (κ3) is 4.23. The monoisotopic (exact) mass is 439 g/mol. The van der Waals surface area contributed by atoms with Crippen molar-refractivity contribution in [3.63, 3.8) is 0 Å². The van der Waals surface area contributed by atoms with E-state index in [1.54, 1.807) is 30.3 Å². The molecule has 1 aliphatic rings. The van der Waals surface area contributed by atoms with Crippen molar-refractivity contribution in [3.8, 4) is 5.75 Å². The normalized spacial score (nSPS) is 16.0. The number of carbonyl (C=O) groups is 1. The molecule has 0 bridgehead atoms. The number of aliphatic imine (C=N–C) groups is 1. The summed E-state index contributed by atoms with van der Waals surface area (Å²) < 4.78 is 43.8. The van der Waals surface area contributed by atoms with Gasteiger partial charge in [0.25, 0.3) is 0 Å². The predicted octanol–water partition coefficient (Wildman–Crippen LogP) is 4.02. The minimum absolute atomic E-state index is 0.188. The van der Waals surface area contributed by atoms with E-state index >= 15 is 0 Å². The van der Waals surface area contributed by atoms with Gasteiger partial charge >= 0.3 is 162 Å². The van der Waals surface area contributed by atoms with Gasteiger partial charge in [0.1, 0.15) is 0 Å². The van der Waals surface area contributed by atoms with Crippen molar-refractivity contribution < 1.29 is 22.7 Å². The molecule has 4 nitrogen and oxygen atoms in total. The maximum absolute atomic E-state index is 12.7. The quantitative estimate of drug-likeness (QED) is 0.535. The summed E-state index contributed by atoms with van der Waals surface area (Å²) in [7, 11) is 0. The average Bonchev–Trinajstić information content (AvgIpc) is 2.90. The molecule has 0 N–H and O–H groups in total. The second-order valence-corrected chi connectivity index (χ2v) is 6.38. The maximum atomic E-state index is 12.7. The molecule has 2 aromatic carbocycles. The van der Waals surface area contributed by atoms with E-state index in [2.05, 4.69) is 21.0 Å². The Bertz CT molecular complexity index is 904. The molecule has 2 aromatic rings. The van der Waals surface area contributed by atoms with Crippen LogP contribution in [0.15, 0.2) is 59.2 Å². The van der Waals surface area contributed by atoms with Gasteiger partial charge in [-0.1, -0.05) is 0 Å². The van der Waals surface area contributed by atoms with Crippen LogP contribution in [0, 0.1) is 0 Å². The van der Waals surface area contributed by atoms with Gasteiger partial charge in [0.05, 0.1) is 0 Å². The van der Waals surface area contributed by atoms with E-state index in [1.165, 1.54) is 17.0 Å². The summed E-state index contributed by atoms with van der Waals surface area (Å²) in [5, 5.41) is 0. The number of halogens is 3. The molecule has 0 spiro atoms. The van der Waals surface area contributed by atoms with Crippen molar-refractivity contribution in [1.29, 1.82) is 0 Å². The van der Waals surface area contributed by atoms with Crippen molar-refractivity contribution in [3.05, 3.63) is 65.4 Å². The predicted molar refractivity (Wildman–Crippen MR) is 97.7 cm³/mol. The Morgan fingerprint density at radius 1 is 1.11 bits per heavy atom. The van der Waals surface area contributed by atoms with Crippen LogP contribution in [0.4, 0.5) is 18.9 Å². The van der Waals surface area contributed by atoms with Crippen LogP contribution in [0.1, 0.15) is 18.1 Å². The molecule has 139 valence electrons. The van der Waals surface area contributed by atoms with Crippen LogP contribution in [0.25, 0.3) is 6.08 Å². The fourth-order valence-corrected chi connectivity index (χ4v) is 3.11. The zero-order valence-corrected chi connectivity index (χ0v) is 15.9. The van der Waals surface area contributed by atoms with Gasteiger partial charge in [-0.3, -0.25) is 0 Å². The molecular weight excluding hydrogens is 424 g/mol. The number of carbonyl (C=O) groups excluding carboxylic acids is 1. The molecule has 1 amide bonds. The molecular formula is C19H14F3N2O2Se. The molecule has 1 radical (unpaired) electrons. The van der Waals surface area contributed by atoms with Gasteiger partial charge < -0.3 is 0 Å². The van der Waals surface area contributed by atoms with E-state index in [9.17, 15) is 18.0 Å². The van der Waals surface area contributed by atoms with Crippen LogP contribution in [-0.2, 0) is 11.0 Å². The number of amidine groups is 1. The average molecular weight is 438 g/mol. The van der Waals surface area contributed by atoms with Gasteiger partial charge in [-0.2, -0.15) is 0 Å². The molecule has 1 aliphatic heterocycles. The van der Waals surface area contributed by atoms with Gasteiger partial charge in [-0.15, -0.1) is 0 Å². The number of benzene rings is 2. The van der Waals surface area contributed by atoms with E-state index in [0.29, 0.717) is 12.3 Å². The topological polar surface area (TPSA) is 41.9 Å². The summed E-state index contributed by atoms with van der Waals surface area (Å²) in [6, 6.07) is 11.5. The summed E-state index contributed by atoms with van der Waals surface area (Å²) in [4.78, 5) is 18.1. The van der Waals surface area contributed by atoms with Gasteiger partial charge in [-0.05, 0) is 0 Å². The molecule has 0 saturated carbocycles. The summed E-state index contributed by atoms with van der Waals surface area (Å²) in [6.45, 7) is 2.44. The molecule has 0 atom stereocenters. The van der Waals surface area contributed by atoms with Crippen molar-refractivity contribution in [2.24, 2.45) is 4.99 Å². The Morgan fingerprint density at radius 3 is 2.30 bits per heavy atom. The van der Waals surface area contributed by atoms with Gasteiger partial charge in [-0.25, -0.2) is 0 Å². The number of rotatable bonds is 4. The van der Waals surface area contributed by atoms with Crippen LogP contribution in [-0.4, -0.2) is 33.3 Å². The fraction of sp³-hybridized carbons (Fsp3) is 0.158. The SMILES string of the molecule is CCOc1ccc(/C=C2\N=C([Se])N(c3ccc(C(F)(F)F)cc3)C2=O)cc1. The first kappa shape index (κ1) is 19.2. The Kier molecular flexibility index (Phi) is 5.39. The molecule has 0 saturated heterocycles. The van der Waals surface area contributed by atoms with E-state index in [1.807, 2.05) is 6.92 Å². The number of anilines is 1. The first-order chi connectivity index (χ1) is 12.8. The van der Waals surface area contributed by atoms with Crippen LogP contribution in [0.5, 0.6) is 5.75 Å². The second-order valence-electron chi connectivity index (χ2n) is 5.61. The van der Waals surface area contributed by atoms with Gasteiger partial charge in [0.15, 0.2) is 0 Å². The van der Waals surface area contributed by atoms with Crippen LogP contribution in [0.2, 0.25) is 0 Å². The molecule has 3 rings (SSSR count). The molecule has 1 heterocycles. The van der Waals surface area contributed by atoms with Crippen LogP contribution >= 0.6 is 0 Å². The summed E-state index contributed by atoms with van der Waals surface area (Å²) in [5.74, 6) is 0.300. The molecule has 0 fully saturated rings. The number of amides is 1. The molecule has 8 heteroatoms. The molecule has 0 unspecified atom stereocenters. The Hall–Kier alpha value is -2.57. The Balaban J connectivity index is 1.83. The van der Waals surface area contributed by atoms with Crippen LogP contribution < -0.4 is 9.64 Å². The van der Waals surface area contributed by atoms with E-state index < -0.39 is 17.6 Å². The van der Waals surface area contributed by atoms with Crippen molar-refractivity contribution in [2.75, 3.05) is 11.5 Å². The molecule has 27 heavy (non-hydrogen) atoms. The first-order valence-electron chi connectivity index (χ1n) is 8.01. The second kappa shape index (κ2) is 7.58. The van der Waals surface area contributed by atoms with Gasteiger partial charge in [0.2, 0.25) is 0 Å². The molecule has 0 aliphatic carbocycles. The third-order valence-electron chi connectivity index (χ3n) is 3.78. The van der Waals surface area contributed by atoms with Crippen LogP contribution in [0.3, 0.4) is 0 Å². The summed E-state index contributed by atoms with van der Waals surface area (Å²) in [6.07, 6.45) is -2.82. The van der Waals surface area contributed by atoms with Crippen molar-refractivity contribution in [2.45, 2.75) is 13.1 Å². The number of alkyl halides is 3. The third-order valence-corrected chi connectivity index (χ3v) is 4.35. The number of nitrogens with zero attached hydrogens (tertiary/aromatic N) is 2.